The molecule has 32 heteroatoms. The number of ether oxygens (including phenoxy) is 4. The summed E-state index contributed by atoms with van der Waals surface area (Å²) in [5, 5.41) is 115. The fourth-order valence-corrected chi connectivity index (χ4v) is 13.0. The zero-order valence-electron chi connectivity index (χ0n) is 52.1. The average molecular weight is 1400 g/mol. The van der Waals surface area contributed by atoms with Gasteiger partial charge in [-0.1, -0.05) is 24.3 Å². The number of aliphatic hydroxyl groups excluding tert-OH is 6. The predicted octanol–water partition coefficient (Wildman–Crippen LogP) is -6.60. The molecule has 4 heterocycles. The van der Waals surface area contributed by atoms with Crippen molar-refractivity contribution in [3.63, 3.8) is 0 Å². The first-order chi connectivity index (χ1) is 44.0. The second-order valence-corrected chi connectivity index (χ2v) is 25.7. The van der Waals surface area contributed by atoms with Gasteiger partial charge in [-0.05, 0) is 129 Å². The molecular formula is C62H74N6Na2O20S4. The number of aliphatic hydroxyl groups is 6. The minimum atomic E-state index is -2.60. The van der Waals surface area contributed by atoms with Gasteiger partial charge >= 0.3 is 59.1 Å². The maximum atomic E-state index is 12.9. The molecule has 12 N–H and O–H groups in total. The van der Waals surface area contributed by atoms with E-state index in [0.29, 0.717) is 23.0 Å². The summed E-state index contributed by atoms with van der Waals surface area (Å²) in [6.45, 7) is 1.27. The minimum absolute atomic E-state index is 0. The van der Waals surface area contributed by atoms with E-state index >= 15 is 0 Å². The second kappa shape index (κ2) is 38.9. The van der Waals surface area contributed by atoms with E-state index in [9.17, 15) is 79.2 Å². The van der Waals surface area contributed by atoms with Crippen LogP contribution in [0.2, 0.25) is 0 Å². The number of benzene rings is 3. The number of thiophene rings is 2. The number of hydrogen-bond donors (Lipinski definition) is 12. The molecule has 7 rings (SSSR count). The van der Waals surface area contributed by atoms with E-state index in [0.717, 1.165) is 36.1 Å². The largest absolute Gasteiger partial charge is 1.00 e. The monoisotopic (exact) mass is 1400 g/mol. The third-order valence-electron chi connectivity index (χ3n) is 14.9. The number of nitrogens with one attached hydrogen (secondary N) is 6. The third kappa shape index (κ3) is 22.6. The molecule has 498 valence electrons. The number of thioether (sulfide) groups is 2. The van der Waals surface area contributed by atoms with Crippen LogP contribution in [0.3, 0.4) is 0 Å². The maximum absolute atomic E-state index is 12.9. The van der Waals surface area contributed by atoms with Crippen molar-refractivity contribution >= 4 is 93.6 Å². The summed E-state index contributed by atoms with van der Waals surface area (Å²) in [4.78, 5) is 101. The third-order valence-corrected chi connectivity index (χ3v) is 18.4. The van der Waals surface area contributed by atoms with E-state index in [2.05, 4.69) is 31.9 Å². The van der Waals surface area contributed by atoms with Crippen LogP contribution in [-0.4, -0.2) is 213 Å². The fraction of sp³-hybridized carbons (Fsp3) is 0.452. The smallest absolute Gasteiger partial charge is 0.544 e. The van der Waals surface area contributed by atoms with Crippen molar-refractivity contribution in [2.24, 2.45) is 0 Å². The normalized spacial score (nSPS) is 22.1. The number of rotatable bonds is 34. The number of hydrogen-bond acceptors (Lipinski definition) is 24. The number of carbonyl (C=O) groups is 8. The summed E-state index contributed by atoms with van der Waals surface area (Å²) in [6.07, 6.45) is -15.1. The van der Waals surface area contributed by atoms with Crippen LogP contribution in [0.5, 0.6) is 0 Å². The van der Waals surface area contributed by atoms with Gasteiger partial charge in [0, 0.05) is 86.6 Å². The van der Waals surface area contributed by atoms with Gasteiger partial charge in [-0.2, -0.15) is 46.2 Å². The molecule has 3 aromatic carbocycles. The Bertz CT molecular complexity index is 3040. The fourth-order valence-electron chi connectivity index (χ4n) is 10.1. The molecule has 94 heavy (non-hydrogen) atoms. The quantitative estimate of drug-likeness (QED) is 0.0135. The van der Waals surface area contributed by atoms with E-state index in [1.54, 1.807) is 48.5 Å². The van der Waals surface area contributed by atoms with Gasteiger partial charge < -0.3 is 101 Å². The van der Waals surface area contributed by atoms with Crippen LogP contribution in [-0.2, 0) is 38.1 Å². The van der Waals surface area contributed by atoms with Crippen LogP contribution in [0.15, 0.2) is 106 Å². The molecule has 0 saturated carbocycles. The van der Waals surface area contributed by atoms with E-state index in [4.69, 9.17) is 18.9 Å². The Balaban J connectivity index is 0.00000800. The molecular weight excluding hydrogens is 1320 g/mol. The molecule has 2 aliphatic heterocycles. The molecule has 2 aromatic heterocycles. The maximum Gasteiger partial charge on any atom is 1.00 e. The Morgan fingerprint density at radius 2 is 0.851 bits per heavy atom. The molecule has 2 saturated heterocycles. The molecule has 2 fully saturated rings. The summed E-state index contributed by atoms with van der Waals surface area (Å²) >= 11 is 5.86. The Morgan fingerprint density at radius 3 is 1.16 bits per heavy atom. The zero-order chi connectivity index (χ0) is 66.5. The van der Waals surface area contributed by atoms with E-state index < -0.39 is 146 Å². The topological polar surface area (TPSA) is 413 Å². The minimum Gasteiger partial charge on any atom is -0.544 e. The predicted molar refractivity (Wildman–Crippen MR) is 337 cm³/mol. The van der Waals surface area contributed by atoms with Crippen molar-refractivity contribution < 1.29 is 157 Å². The number of amides is 6. The number of aliphatic carboxylic acids is 2. The van der Waals surface area contributed by atoms with Crippen molar-refractivity contribution in [1.82, 2.24) is 31.9 Å². The van der Waals surface area contributed by atoms with Crippen LogP contribution in [0.1, 0.15) is 81.0 Å². The standard InChI is InChI=1S/C62H76N6O20S4.2Na/c1-35(69)67-49-45(71)29-61(59(81)82,87-53(49)51(75)47(73)31-65-57(79)41-9-5-37(6-10-41)43-17-25-91-33-43)85-21-3-23-89-27-19-63-55(77)39-13-15-40(16-14-39)56(78)64-20-28-90-24-4-22-86-62(60(83)84)30-46(72)50(68-36(2)70)54(88-62)52(76)48(74)32-66-58(80)42-11-7-38(8-12-42)44-18-26-92-34-44;;/h5-18,25-26,33-34,45-54,71-76H,3-4,19-24,27-32H2,1-2H3,(H,63,77)(H,64,78)(H,65,79)(H,66,80)(H,67,69)(H,68,70)(H,81,82)(H,83,84);;/q;2*+1/p-2/t45-,46-,47+,48+,49+,50+,51+,52+,53+,54+,61+,62+;;/m0../s1. The van der Waals surface area contributed by atoms with Gasteiger partial charge in [0.25, 0.3) is 23.6 Å². The Morgan fingerprint density at radius 1 is 0.521 bits per heavy atom. The molecule has 0 aliphatic carbocycles. The Hall–Kier alpha value is -4.88. The van der Waals surface area contributed by atoms with E-state index in [1.165, 1.54) is 70.5 Å². The van der Waals surface area contributed by atoms with Gasteiger partial charge in [-0.3, -0.25) is 28.8 Å². The SMILES string of the molecule is CC(=O)N[C@H]1[C@H]([C@H](O)[C@H](O)CNC(=O)c2ccc(-c3ccsc3)cc2)O[C@@](OCCCSCCNC(=O)c2ccc(C(=O)NCCSCCCO[C@]3(C(=O)[O-])C[C@H](O)[C@@H](NC(C)=O)[C@H]([C@H](O)[C@H](O)CNC(=O)c4ccc(-c5ccsc5)cc4)O3)cc2)(C(=O)[O-])C[C@@H]1O.[Na+].[Na+]. The molecule has 5 aromatic rings. The van der Waals surface area contributed by atoms with Crippen molar-refractivity contribution in [1.29, 1.82) is 0 Å². The van der Waals surface area contributed by atoms with E-state index in [-0.39, 0.29) is 121 Å². The second-order valence-electron chi connectivity index (χ2n) is 21.7. The van der Waals surface area contributed by atoms with Crippen molar-refractivity contribution in [3.05, 3.63) is 129 Å². The molecule has 26 nitrogen and oxygen atoms in total. The summed E-state index contributed by atoms with van der Waals surface area (Å²) in [5.41, 5.74) is 4.85. The van der Waals surface area contributed by atoms with Crippen molar-refractivity contribution in [3.8, 4) is 22.3 Å². The van der Waals surface area contributed by atoms with Gasteiger partial charge in [0.15, 0.2) is 0 Å². The summed E-state index contributed by atoms with van der Waals surface area (Å²) < 4.78 is 22.9. The molecule has 2 aliphatic rings. The Labute approximate surface area is 603 Å². The first-order valence-electron chi connectivity index (χ1n) is 29.3. The first kappa shape index (κ1) is 79.8. The number of carboxylic acids is 2. The van der Waals surface area contributed by atoms with Gasteiger partial charge in [0.1, 0.15) is 36.4 Å². The van der Waals surface area contributed by atoms with E-state index in [1.807, 2.05) is 33.7 Å². The number of carbonyl (C=O) groups excluding carboxylic acids is 8. The summed E-state index contributed by atoms with van der Waals surface area (Å²) in [6, 6.07) is 20.4. The molecule has 0 spiro atoms. The van der Waals surface area contributed by atoms with Crippen molar-refractivity contribution in [2.75, 3.05) is 62.4 Å². The Kier molecular flexibility index (Phi) is 33.0. The molecule has 0 bridgehead atoms. The first-order valence-corrected chi connectivity index (χ1v) is 33.5. The molecule has 0 radical (unpaired) electrons. The van der Waals surface area contributed by atoms with Crippen molar-refractivity contribution in [2.45, 2.75) is 112 Å². The van der Waals surface area contributed by atoms with Crippen LogP contribution in [0, 0.1) is 0 Å². The molecule has 0 unspecified atom stereocenters. The molecule has 12 atom stereocenters. The summed E-state index contributed by atoms with van der Waals surface area (Å²) in [7, 11) is 0. The molecule has 6 amide bonds. The van der Waals surface area contributed by atoms with Gasteiger partial charge in [0.05, 0.1) is 49.7 Å². The van der Waals surface area contributed by atoms with Gasteiger partial charge in [-0.25, -0.2) is 0 Å². The average Bonchev–Trinajstić information content (AvgIpc) is 0.891. The zero-order valence-corrected chi connectivity index (χ0v) is 59.4. The van der Waals surface area contributed by atoms with Crippen LogP contribution >= 0.6 is 46.2 Å². The van der Waals surface area contributed by atoms with Crippen LogP contribution < -0.4 is 101 Å². The van der Waals surface area contributed by atoms with Crippen LogP contribution in [0.25, 0.3) is 22.3 Å². The summed E-state index contributed by atoms with van der Waals surface area (Å²) in [5.74, 6) is -10.5. The van der Waals surface area contributed by atoms with Gasteiger partial charge in [0.2, 0.25) is 23.4 Å². The number of carboxylic acid groups (broad SMARTS) is 2. The van der Waals surface area contributed by atoms with Crippen LogP contribution in [0.4, 0.5) is 0 Å². The van der Waals surface area contributed by atoms with Gasteiger partial charge in [-0.15, -0.1) is 0 Å².